The molecule has 6 heteroatoms. The highest BCUT2D eigenvalue weighted by Gasteiger charge is 2.18. The number of hydrogen-bond acceptors (Lipinski definition) is 2. The van der Waals surface area contributed by atoms with Crippen molar-refractivity contribution in [3.63, 3.8) is 0 Å². The van der Waals surface area contributed by atoms with Crippen molar-refractivity contribution < 1.29 is 18.0 Å². The highest BCUT2D eigenvalue weighted by Crippen LogP contribution is 2.25. The van der Waals surface area contributed by atoms with E-state index in [2.05, 4.69) is 20.9 Å². The number of carbonyl (C=O) groups is 1. The first-order valence-electron chi connectivity index (χ1n) is 3.15. The van der Waals surface area contributed by atoms with Crippen LogP contribution in [-0.2, 0) is 0 Å². The minimum Gasteiger partial charge on any atom is -0.298 e. The lowest BCUT2D eigenvalue weighted by atomic mass is 10.2. The van der Waals surface area contributed by atoms with E-state index in [1.807, 2.05) is 0 Å². The van der Waals surface area contributed by atoms with Gasteiger partial charge >= 0.3 is 0 Å². The van der Waals surface area contributed by atoms with Crippen molar-refractivity contribution in [3.8, 4) is 0 Å². The van der Waals surface area contributed by atoms with Gasteiger partial charge in [0.05, 0.1) is 5.56 Å². The maximum absolute atomic E-state index is 12.5. The molecule has 2 nitrogen and oxygen atoms in total. The fourth-order valence-electron chi connectivity index (χ4n) is 0.795. The van der Waals surface area contributed by atoms with Gasteiger partial charge in [0.2, 0.25) is 5.95 Å². The van der Waals surface area contributed by atoms with Crippen LogP contribution in [0, 0.1) is 5.95 Å². The molecule has 0 spiro atoms. The summed E-state index contributed by atoms with van der Waals surface area (Å²) in [7, 11) is 0. The van der Waals surface area contributed by atoms with E-state index in [1.165, 1.54) is 0 Å². The number of hydrogen-bond donors (Lipinski definition) is 0. The monoisotopic (exact) mass is 253 g/mol. The Morgan fingerprint density at radius 2 is 2.15 bits per heavy atom. The molecule has 70 valence electrons. The lowest BCUT2D eigenvalue weighted by Crippen LogP contribution is -2.01. The summed E-state index contributed by atoms with van der Waals surface area (Å²) in [4.78, 5) is 13.3. The van der Waals surface area contributed by atoms with Crippen molar-refractivity contribution in [3.05, 3.63) is 27.7 Å². The topological polar surface area (TPSA) is 30.0 Å². The lowest BCUT2D eigenvalue weighted by Gasteiger charge is -2.03. The minimum absolute atomic E-state index is 0.0229. The summed E-state index contributed by atoms with van der Waals surface area (Å²) in [5, 5.41) is 0. The van der Waals surface area contributed by atoms with Crippen molar-refractivity contribution in [1.82, 2.24) is 4.98 Å². The Morgan fingerprint density at radius 3 is 2.62 bits per heavy atom. The predicted molar refractivity (Wildman–Crippen MR) is 42.2 cm³/mol. The number of pyridine rings is 1. The van der Waals surface area contributed by atoms with Crippen LogP contribution >= 0.6 is 15.9 Å². The van der Waals surface area contributed by atoms with Gasteiger partial charge in [-0.3, -0.25) is 4.79 Å². The van der Waals surface area contributed by atoms with Crippen LogP contribution in [0.25, 0.3) is 0 Å². The van der Waals surface area contributed by atoms with Crippen LogP contribution in [0.1, 0.15) is 22.5 Å². The summed E-state index contributed by atoms with van der Waals surface area (Å²) < 4.78 is 36.8. The van der Waals surface area contributed by atoms with Gasteiger partial charge in [-0.05, 0) is 15.9 Å². The second-order valence-electron chi connectivity index (χ2n) is 2.14. The van der Waals surface area contributed by atoms with E-state index in [4.69, 9.17) is 0 Å². The Balaban J connectivity index is 3.38. The normalized spacial score (nSPS) is 10.5. The van der Waals surface area contributed by atoms with E-state index in [0.717, 1.165) is 6.07 Å². The fourth-order valence-corrected chi connectivity index (χ4v) is 1.28. The summed E-state index contributed by atoms with van der Waals surface area (Å²) in [6.45, 7) is 0. The molecule has 1 heterocycles. The molecule has 0 aliphatic rings. The Morgan fingerprint density at radius 1 is 1.54 bits per heavy atom. The van der Waals surface area contributed by atoms with Gasteiger partial charge in [-0.1, -0.05) is 0 Å². The smallest absolute Gasteiger partial charge is 0.281 e. The Kier molecular flexibility index (Phi) is 3.02. The van der Waals surface area contributed by atoms with Gasteiger partial charge in [0, 0.05) is 10.5 Å². The van der Waals surface area contributed by atoms with E-state index in [9.17, 15) is 18.0 Å². The average molecular weight is 254 g/mol. The van der Waals surface area contributed by atoms with E-state index >= 15 is 0 Å². The molecule has 0 fully saturated rings. The summed E-state index contributed by atoms with van der Waals surface area (Å²) >= 11 is 2.78. The van der Waals surface area contributed by atoms with Gasteiger partial charge < -0.3 is 0 Å². The van der Waals surface area contributed by atoms with Crippen LogP contribution in [0.15, 0.2) is 10.5 Å². The van der Waals surface area contributed by atoms with E-state index in [-0.39, 0.29) is 16.3 Å². The van der Waals surface area contributed by atoms with Gasteiger partial charge in [0.15, 0.2) is 6.29 Å². The molecule has 0 aromatic carbocycles. The van der Waals surface area contributed by atoms with Crippen LogP contribution in [-0.4, -0.2) is 11.3 Å². The van der Waals surface area contributed by atoms with Crippen molar-refractivity contribution in [2.24, 2.45) is 0 Å². The van der Waals surface area contributed by atoms with Crippen LogP contribution in [0.2, 0.25) is 0 Å². The molecule has 1 aromatic heterocycles. The van der Waals surface area contributed by atoms with Crippen molar-refractivity contribution in [2.45, 2.75) is 6.43 Å². The Bertz CT molecular complexity index is 343. The number of nitrogens with zero attached hydrogens (tertiary/aromatic N) is 1. The zero-order valence-electron chi connectivity index (χ0n) is 6.10. The van der Waals surface area contributed by atoms with Crippen molar-refractivity contribution in [1.29, 1.82) is 0 Å². The third-order valence-corrected chi connectivity index (χ3v) is 1.99. The molecule has 0 aliphatic carbocycles. The molecule has 0 amide bonds. The van der Waals surface area contributed by atoms with Gasteiger partial charge in [0.1, 0.15) is 5.69 Å². The first-order valence-corrected chi connectivity index (χ1v) is 3.95. The SMILES string of the molecule is O=Cc1c(Br)cc(F)nc1C(F)F. The molecule has 0 radical (unpaired) electrons. The number of carbonyl (C=O) groups excluding carboxylic acids is 1. The summed E-state index contributed by atoms with van der Waals surface area (Å²) in [5.74, 6) is -1.05. The third kappa shape index (κ3) is 2.06. The summed E-state index contributed by atoms with van der Waals surface area (Å²) in [6, 6.07) is 0.857. The van der Waals surface area contributed by atoms with Gasteiger partial charge in [-0.2, -0.15) is 4.39 Å². The van der Waals surface area contributed by atoms with Gasteiger partial charge in [-0.25, -0.2) is 13.8 Å². The first-order chi connectivity index (χ1) is 6.06. The maximum Gasteiger partial charge on any atom is 0.281 e. The van der Waals surface area contributed by atoms with E-state index < -0.39 is 18.1 Å². The van der Waals surface area contributed by atoms with Crippen LogP contribution in [0.4, 0.5) is 13.2 Å². The number of aldehydes is 1. The maximum atomic E-state index is 12.5. The molecular weight excluding hydrogens is 251 g/mol. The number of halogens is 4. The highest BCUT2D eigenvalue weighted by atomic mass is 79.9. The van der Waals surface area contributed by atoms with E-state index in [1.54, 1.807) is 0 Å². The molecule has 0 unspecified atom stereocenters. The second-order valence-corrected chi connectivity index (χ2v) is 3.00. The first kappa shape index (κ1) is 10.2. The molecule has 0 aliphatic heterocycles. The fraction of sp³-hybridized carbons (Fsp3) is 0.143. The quantitative estimate of drug-likeness (QED) is 0.600. The van der Waals surface area contributed by atoms with Gasteiger partial charge in [0.25, 0.3) is 6.43 Å². The average Bonchev–Trinajstić information content (AvgIpc) is 2.02. The molecule has 0 saturated heterocycles. The standard InChI is InChI=1S/C7H3BrF3NO/c8-4-1-5(9)12-6(7(10)11)3(4)2-13/h1-2,7H. The number of alkyl halides is 2. The minimum atomic E-state index is -2.97. The second kappa shape index (κ2) is 3.87. The number of aromatic nitrogens is 1. The van der Waals surface area contributed by atoms with E-state index in [0.29, 0.717) is 0 Å². The zero-order chi connectivity index (χ0) is 10.0. The van der Waals surface area contributed by atoms with Gasteiger partial charge in [-0.15, -0.1) is 0 Å². The molecular formula is C7H3BrF3NO. The summed E-state index contributed by atoms with van der Waals surface area (Å²) in [6.07, 6.45) is -2.76. The van der Waals surface area contributed by atoms with Crippen molar-refractivity contribution in [2.75, 3.05) is 0 Å². The zero-order valence-corrected chi connectivity index (χ0v) is 7.69. The predicted octanol–water partition coefficient (Wildman–Crippen LogP) is 2.73. The highest BCUT2D eigenvalue weighted by molar-refractivity contribution is 9.10. The molecule has 0 N–H and O–H groups in total. The molecule has 13 heavy (non-hydrogen) atoms. The molecule has 0 bridgehead atoms. The largest absolute Gasteiger partial charge is 0.298 e. The van der Waals surface area contributed by atoms with Crippen LogP contribution in [0.3, 0.4) is 0 Å². The lowest BCUT2D eigenvalue weighted by molar-refractivity contribution is 0.110. The molecule has 1 aromatic rings. The van der Waals surface area contributed by atoms with Crippen LogP contribution < -0.4 is 0 Å². The Hall–Kier alpha value is -0.910. The molecule has 0 saturated carbocycles. The number of rotatable bonds is 2. The third-order valence-electron chi connectivity index (χ3n) is 1.33. The Labute approximate surface area is 79.9 Å². The molecule has 0 atom stereocenters. The summed E-state index contributed by atoms with van der Waals surface area (Å²) in [5.41, 5.74) is -1.17. The van der Waals surface area contributed by atoms with Crippen molar-refractivity contribution >= 4 is 22.2 Å². The van der Waals surface area contributed by atoms with Crippen LogP contribution in [0.5, 0.6) is 0 Å². The molecule has 1 rings (SSSR count).